The number of halogens is 3. The molecule has 0 saturated heterocycles. The van der Waals surface area contributed by atoms with E-state index in [1.54, 1.807) is 0 Å². The van der Waals surface area contributed by atoms with E-state index in [0.717, 1.165) is 18.4 Å². The SMILES string of the molecule is CNC(c1nc2nc(C(F)(F)F)ccc2cc1C(=O)O)S(C)(=O)=O. The molecule has 2 aromatic rings. The summed E-state index contributed by atoms with van der Waals surface area (Å²) >= 11 is 0. The molecule has 0 fully saturated rings. The van der Waals surface area contributed by atoms with Gasteiger partial charge in [0.25, 0.3) is 0 Å². The summed E-state index contributed by atoms with van der Waals surface area (Å²) in [4.78, 5) is 18.5. The Bertz CT molecular complexity index is 913. The summed E-state index contributed by atoms with van der Waals surface area (Å²) in [7, 11) is -2.55. The van der Waals surface area contributed by atoms with Gasteiger partial charge in [0, 0.05) is 11.6 Å². The lowest BCUT2D eigenvalue weighted by atomic mass is 10.1. The van der Waals surface area contributed by atoms with E-state index in [4.69, 9.17) is 0 Å². The number of nitrogens with zero attached hydrogens (tertiary/aromatic N) is 2. The number of aromatic nitrogens is 2. The summed E-state index contributed by atoms with van der Waals surface area (Å²) < 4.78 is 61.8. The van der Waals surface area contributed by atoms with Crippen molar-refractivity contribution in [2.45, 2.75) is 11.6 Å². The van der Waals surface area contributed by atoms with Gasteiger partial charge in [0.05, 0.1) is 11.3 Å². The third kappa shape index (κ3) is 3.46. The second-order valence-corrected chi connectivity index (χ2v) is 7.10. The first kappa shape index (κ1) is 18.1. The van der Waals surface area contributed by atoms with Crippen LogP contribution in [0.1, 0.15) is 27.1 Å². The summed E-state index contributed by atoms with van der Waals surface area (Å²) in [5.74, 6) is -1.46. The zero-order valence-electron chi connectivity index (χ0n) is 12.4. The second-order valence-electron chi connectivity index (χ2n) is 4.97. The first-order valence-corrected chi connectivity index (χ1v) is 8.39. The van der Waals surface area contributed by atoms with Gasteiger partial charge in [-0.05, 0) is 25.2 Å². The number of carboxylic acids is 1. The van der Waals surface area contributed by atoms with Crippen molar-refractivity contribution in [3.8, 4) is 0 Å². The van der Waals surface area contributed by atoms with Gasteiger partial charge in [-0.25, -0.2) is 23.2 Å². The maximum absolute atomic E-state index is 12.7. The van der Waals surface area contributed by atoms with Gasteiger partial charge < -0.3 is 5.11 Å². The Morgan fingerprint density at radius 1 is 1.29 bits per heavy atom. The van der Waals surface area contributed by atoms with Crippen LogP contribution in [-0.2, 0) is 16.0 Å². The van der Waals surface area contributed by atoms with Crippen LogP contribution in [0.4, 0.5) is 13.2 Å². The number of pyridine rings is 2. The molecule has 0 aliphatic heterocycles. The van der Waals surface area contributed by atoms with Gasteiger partial charge in [-0.1, -0.05) is 0 Å². The smallest absolute Gasteiger partial charge is 0.433 e. The molecule has 2 N–H and O–H groups in total. The van der Waals surface area contributed by atoms with Crippen molar-refractivity contribution >= 4 is 26.8 Å². The lowest BCUT2D eigenvalue weighted by molar-refractivity contribution is -0.141. The molecule has 24 heavy (non-hydrogen) atoms. The third-order valence-corrected chi connectivity index (χ3v) is 4.48. The first-order chi connectivity index (χ1) is 10.9. The molecule has 1 unspecified atom stereocenters. The molecule has 0 radical (unpaired) electrons. The minimum absolute atomic E-state index is 0.0486. The topological polar surface area (TPSA) is 109 Å². The number of rotatable bonds is 4. The Labute approximate surface area is 134 Å². The molecular weight excluding hydrogens is 351 g/mol. The van der Waals surface area contributed by atoms with Crippen LogP contribution in [0.15, 0.2) is 18.2 Å². The van der Waals surface area contributed by atoms with Crippen LogP contribution in [0.5, 0.6) is 0 Å². The van der Waals surface area contributed by atoms with Crippen molar-refractivity contribution in [3.05, 3.63) is 35.2 Å². The minimum Gasteiger partial charge on any atom is -0.478 e. The molecule has 1 atom stereocenters. The molecule has 0 bridgehead atoms. The zero-order valence-corrected chi connectivity index (χ0v) is 13.2. The van der Waals surface area contributed by atoms with Crippen molar-refractivity contribution in [3.63, 3.8) is 0 Å². The summed E-state index contributed by atoms with van der Waals surface area (Å²) in [5.41, 5.74) is -2.47. The molecule has 2 heterocycles. The van der Waals surface area contributed by atoms with Crippen LogP contribution in [0, 0.1) is 0 Å². The number of fused-ring (bicyclic) bond motifs is 1. The Kier molecular flexibility index (Phi) is 4.50. The van der Waals surface area contributed by atoms with Gasteiger partial charge in [0.2, 0.25) is 0 Å². The van der Waals surface area contributed by atoms with Gasteiger partial charge in [0.15, 0.2) is 20.9 Å². The first-order valence-electron chi connectivity index (χ1n) is 6.43. The summed E-state index contributed by atoms with van der Waals surface area (Å²) in [5, 5.41) is 10.2. The van der Waals surface area contributed by atoms with Crippen LogP contribution in [0.2, 0.25) is 0 Å². The largest absolute Gasteiger partial charge is 0.478 e. The predicted octanol–water partition coefficient (Wildman–Crippen LogP) is 1.61. The molecule has 11 heteroatoms. The number of sulfone groups is 1. The van der Waals surface area contributed by atoms with E-state index >= 15 is 0 Å². The highest BCUT2D eigenvalue weighted by Gasteiger charge is 2.33. The molecule has 0 spiro atoms. The van der Waals surface area contributed by atoms with E-state index in [1.165, 1.54) is 7.05 Å². The Balaban J connectivity index is 2.80. The Morgan fingerprint density at radius 2 is 1.92 bits per heavy atom. The van der Waals surface area contributed by atoms with Crippen molar-refractivity contribution in [2.75, 3.05) is 13.3 Å². The van der Waals surface area contributed by atoms with Crippen LogP contribution in [-0.4, -0.2) is 42.8 Å². The Hall–Kier alpha value is -2.27. The average Bonchev–Trinajstić information content (AvgIpc) is 2.43. The molecule has 0 saturated carbocycles. The van der Waals surface area contributed by atoms with Crippen molar-refractivity contribution in [2.24, 2.45) is 0 Å². The molecule has 0 amide bonds. The maximum Gasteiger partial charge on any atom is 0.433 e. The number of carbonyl (C=O) groups is 1. The monoisotopic (exact) mass is 363 g/mol. The zero-order chi connectivity index (χ0) is 18.3. The highest BCUT2D eigenvalue weighted by molar-refractivity contribution is 7.90. The van der Waals surface area contributed by atoms with E-state index in [2.05, 4.69) is 15.3 Å². The highest BCUT2D eigenvalue weighted by Crippen LogP contribution is 2.30. The molecule has 0 aliphatic carbocycles. The summed E-state index contributed by atoms with van der Waals surface area (Å²) in [6.45, 7) is 0. The normalized spacial score (nSPS) is 13.9. The third-order valence-electron chi connectivity index (χ3n) is 3.17. The predicted molar refractivity (Wildman–Crippen MR) is 78.1 cm³/mol. The Morgan fingerprint density at radius 3 is 2.38 bits per heavy atom. The quantitative estimate of drug-likeness (QED) is 0.849. The fraction of sp³-hybridized carbons (Fsp3) is 0.308. The summed E-state index contributed by atoms with van der Waals surface area (Å²) in [6, 6.07) is 2.77. The van der Waals surface area contributed by atoms with E-state index < -0.39 is 50.0 Å². The standard InChI is InChI=1S/C13H12F3N3O4S/c1-17-11(24(2,22)23)9-7(12(20)21)5-6-3-4-8(13(14,15)16)18-10(6)19-9/h3-5,11,17H,1-2H3,(H,20,21). The number of hydrogen-bond donors (Lipinski definition) is 2. The highest BCUT2D eigenvalue weighted by atomic mass is 32.2. The van der Waals surface area contributed by atoms with E-state index in [0.29, 0.717) is 6.07 Å². The van der Waals surface area contributed by atoms with E-state index in [-0.39, 0.29) is 5.39 Å². The van der Waals surface area contributed by atoms with Crippen molar-refractivity contribution in [1.82, 2.24) is 15.3 Å². The molecule has 130 valence electrons. The number of carboxylic acid groups (broad SMARTS) is 1. The van der Waals surface area contributed by atoms with E-state index in [1.807, 2.05) is 0 Å². The lowest BCUT2D eigenvalue weighted by Crippen LogP contribution is -2.28. The molecule has 0 aliphatic rings. The molecular formula is C13H12F3N3O4S. The van der Waals surface area contributed by atoms with Crippen LogP contribution < -0.4 is 5.32 Å². The lowest BCUT2D eigenvalue weighted by Gasteiger charge is -2.16. The number of nitrogens with one attached hydrogen (secondary N) is 1. The minimum atomic E-state index is -4.71. The van der Waals surface area contributed by atoms with Gasteiger partial charge in [-0.2, -0.15) is 13.2 Å². The van der Waals surface area contributed by atoms with Crippen LogP contribution in [0.25, 0.3) is 11.0 Å². The van der Waals surface area contributed by atoms with Gasteiger partial charge in [-0.15, -0.1) is 0 Å². The second kappa shape index (κ2) is 5.98. The molecule has 2 rings (SSSR count). The van der Waals surface area contributed by atoms with Gasteiger partial charge in [0.1, 0.15) is 5.69 Å². The van der Waals surface area contributed by atoms with E-state index in [9.17, 15) is 31.5 Å². The van der Waals surface area contributed by atoms with Gasteiger partial charge in [-0.3, -0.25) is 5.32 Å². The summed E-state index contributed by atoms with van der Waals surface area (Å²) in [6.07, 6.45) is -3.86. The molecule has 2 aromatic heterocycles. The fourth-order valence-corrected chi connectivity index (χ4v) is 3.16. The molecule has 0 aromatic carbocycles. The number of hydrogen-bond acceptors (Lipinski definition) is 6. The van der Waals surface area contributed by atoms with Crippen molar-refractivity contribution in [1.29, 1.82) is 0 Å². The number of alkyl halides is 3. The van der Waals surface area contributed by atoms with Crippen LogP contribution >= 0.6 is 0 Å². The number of aromatic carboxylic acids is 1. The van der Waals surface area contributed by atoms with Crippen LogP contribution in [0.3, 0.4) is 0 Å². The molecule has 7 nitrogen and oxygen atoms in total. The van der Waals surface area contributed by atoms with Crippen molar-refractivity contribution < 1.29 is 31.5 Å². The van der Waals surface area contributed by atoms with Gasteiger partial charge >= 0.3 is 12.1 Å². The maximum atomic E-state index is 12.7. The fourth-order valence-electron chi connectivity index (χ4n) is 2.15. The average molecular weight is 363 g/mol.